The van der Waals surface area contributed by atoms with Gasteiger partial charge in [-0.3, -0.25) is 0 Å². The normalized spacial score (nSPS) is 24.1. The van der Waals surface area contributed by atoms with Gasteiger partial charge in [-0.2, -0.15) is 13.2 Å². The molecule has 6 heteroatoms. The maximum absolute atomic E-state index is 12.6. The predicted octanol–water partition coefficient (Wildman–Crippen LogP) is 2.28. The molecule has 1 aliphatic carbocycles. The number of piperidine rings is 1. The van der Waals surface area contributed by atoms with Crippen molar-refractivity contribution in [2.24, 2.45) is 0 Å². The van der Waals surface area contributed by atoms with Gasteiger partial charge in [0.1, 0.15) is 5.54 Å². The molecule has 1 heterocycles. The Hall–Kier alpha value is -0.940. The lowest BCUT2D eigenvalue weighted by Gasteiger charge is -2.30. The Bertz CT molecular complexity index is 280. The van der Waals surface area contributed by atoms with Crippen molar-refractivity contribution in [3.63, 3.8) is 0 Å². The van der Waals surface area contributed by atoms with E-state index in [1.54, 1.807) is 0 Å². The number of halogens is 3. The second kappa shape index (κ2) is 3.82. The molecule has 0 aromatic rings. The van der Waals surface area contributed by atoms with E-state index in [0.29, 0.717) is 13.1 Å². The highest BCUT2D eigenvalue weighted by Gasteiger charge is 2.64. The largest absolute Gasteiger partial charge is 0.411 e. The summed E-state index contributed by atoms with van der Waals surface area (Å²) in [6, 6.07) is -0.561. The lowest BCUT2D eigenvalue weighted by molar-refractivity contribution is -0.163. The molecule has 2 rings (SSSR count). The Morgan fingerprint density at radius 3 is 2.12 bits per heavy atom. The van der Waals surface area contributed by atoms with Gasteiger partial charge in [0, 0.05) is 13.1 Å². The number of nitrogens with zero attached hydrogens (tertiary/aromatic N) is 1. The van der Waals surface area contributed by atoms with E-state index in [1.807, 2.05) is 0 Å². The van der Waals surface area contributed by atoms with Crippen LogP contribution in [0.25, 0.3) is 0 Å². The number of amides is 2. The molecule has 0 bridgehead atoms. The first-order valence-corrected chi connectivity index (χ1v) is 5.58. The summed E-state index contributed by atoms with van der Waals surface area (Å²) in [5.74, 6) is 0. The van der Waals surface area contributed by atoms with Crippen LogP contribution in [-0.2, 0) is 0 Å². The molecule has 16 heavy (non-hydrogen) atoms. The van der Waals surface area contributed by atoms with Gasteiger partial charge in [0.05, 0.1) is 0 Å². The molecule has 0 radical (unpaired) electrons. The van der Waals surface area contributed by atoms with Crippen LogP contribution in [0.2, 0.25) is 0 Å². The molecule has 1 aliphatic heterocycles. The van der Waals surface area contributed by atoms with E-state index in [2.05, 4.69) is 5.32 Å². The van der Waals surface area contributed by atoms with Gasteiger partial charge in [0.15, 0.2) is 0 Å². The van der Waals surface area contributed by atoms with Crippen LogP contribution < -0.4 is 5.32 Å². The minimum atomic E-state index is -4.32. The van der Waals surface area contributed by atoms with Crippen molar-refractivity contribution in [2.75, 3.05) is 13.1 Å². The number of alkyl halides is 3. The van der Waals surface area contributed by atoms with Crippen molar-refractivity contribution in [1.29, 1.82) is 0 Å². The minimum absolute atomic E-state index is 0.0100. The lowest BCUT2D eigenvalue weighted by Crippen LogP contribution is -2.53. The van der Waals surface area contributed by atoms with Crippen LogP contribution in [0.15, 0.2) is 0 Å². The number of hydrogen-bond acceptors (Lipinski definition) is 1. The molecule has 2 fully saturated rings. The number of carbonyl (C=O) groups is 1. The van der Waals surface area contributed by atoms with Crippen molar-refractivity contribution in [1.82, 2.24) is 10.2 Å². The van der Waals surface area contributed by atoms with Crippen LogP contribution in [-0.4, -0.2) is 35.7 Å². The van der Waals surface area contributed by atoms with Crippen molar-refractivity contribution < 1.29 is 18.0 Å². The summed E-state index contributed by atoms with van der Waals surface area (Å²) in [5.41, 5.74) is -1.93. The highest BCUT2D eigenvalue weighted by Crippen LogP contribution is 2.49. The molecular weight excluding hydrogens is 221 g/mol. The lowest BCUT2D eigenvalue weighted by atomic mass is 10.1. The zero-order valence-electron chi connectivity index (χ0n) is 8.94. The Morgan fingerprint density at radius 2 is 1.69 bits per heavy atom. The van der Waals surface area contributed by atoms with E-state index in [4.69, 9.17) is 0 Å². The smallest absolute Gasteiger partial charge is 0.325 e. The van der Waals surface area contributed by atoms with E-state index in [9.17, 15) is 18.0 Å². The van der Waals surface area contributed by atoms with Gasteiger partial charge in [-0.25, -0.2) is 4.79 Å². The molecule has 2 aliphatic rings. The van der Waals surface area contributed by atoms with Crippen LogP contribution in [0.1, 0.15) is 32.1 Å². The van der Waals surface area contributed by atoms with Gasteiger partial charge < -0.3 is 10.2 Å². The SMILES string of the molecule is O=C(NC1(C(F)(F)F)CC1)N1CCCCC1. The molecule has 3 nitrogen and oxygen atoms in total. The Morgan fingerprint density at radius 1 is 1.12 bits per heavy atom. The van der Waals surface area contributed by atoms with E-state index >= 15 is 0 Å². The number of hydrogen-bond donors (Lipinski definition) is 1. The summed E-state index contributed by atoms with van der Waals surface area (Å²) in [6.07, 6.45) is -1.49. The van der Waals surface area contributed by atoms with E-state index < -0.39 is 17.7 Å². The van der Waals surface area contributed by atoms with Crippen molar-refractivity contribution in [3.8, 4) is 0 Å². The predicted molar refractivity (Wildman–Crippen MR) is 52.0 cm³/mol. The first kappa shape index (κ1) is 11.5. The zero-order chi connectivity index (χ0) is 11.8. The van der Waals surface area contributed by atoms with Crippen LogP contribution >= 0.6 is 0 Å². The topological polar surface area (TPSA) is 32.3 Å². The average molecular weight is 236 g/mol. The van der Waals surface area contributed by atoms with Gasteiger partial charge in [-0.15, -0.1) is 0 Å². The zero-order valence-corrected chi connectivity index (χ0v) is 8.94. The summed E-state index contributed by atoms with van der Waals surface area (Å²) in [4.78, 5) is 13.1. The number of urea groups is 1. The monoisotopic (exact) mass is 236 g/mol. The van der Waals surface area contributed by atoms with Crippen LogP contribution in [0.4, 0.5) is 18.0 Å². The van der Waals surface area contributed by atoms with Crippen molar-refractivity contribution in [3.05, 3.63) is 0 Å². The maximum Gasteiger partial charge on any atom is 0.411 e. The van der Waals surface area contributed by atoms with Gasteiger partial charge >= 0.3 is 12.2 Å². The Balaban J connectivity index is 1.92. The van der Waals surface area contributed by atoms with Crippen molar-refractivity contribution in [2.45, 2.75) is 43.8 Å². The molecule has 2 amide bonds. The minimum Gasteiger partial charge on any atom is -0.325 e. The molecule has 92 valence electrons. The molecule has 1 saturated carbocycles. The third-order valence-corrected chi connectivity index (χ3v) is 3.28. The third kappa shape index (κ3) is 2.10. The van der Waals surface area contributed by atoms with Gasteiger partial charge in [-0.05, 0) is 32.1 Å². The Kier molecular flexibility index (Phi) is 2.75. The summed E-state index contributed by atoms with van der Waals surface area (Å²) < 4.78 is 37.8. The quantitative estimate of drug-likeness (QED) is 0.744. The van der Waals surface area contributed by atoms with Gasteiger partial charge in [0.25, 0.3) is 0 Å². The van der Waals surface area contributed by atoms with Crippen molar-refractivity contribution >= 4 is 6.03 Å². The molecule has 0 unspecified atom stereocenters. The maximum atomic E-state index is 12.6. The first-order chi connectivity index (χ1) is 7.45. The molecule has 0 atom stereocenters. The number of likely N-dealkylation sites (tertiary alicyclic amines) is 1. The summed E-state index contributed by atoms with van der Waals surface area (Å²) in [5, 5.41) is 2.14. The number of rotatable bonds is 1. The van der Waals surface area contributed by atoms with E-state index in [0.717, 1.165) is 19.3 Å². The third-order valence-electron chi connectivity index (χ3n) is 3.28. The molecule has 0 spiro atoms. The van der Waals surface area contributed by atoms with Gasteiger partial charge in [-0.1, -0.05) is 0 Å². The summed E-state index contributed by atoms with van der Waals surface area (Å²) in [7, 11) is 0. The Labute approximate surface area is 92.0 Å². The highest BCUT2D eigenvalue weighted by molar-refractivity contribution is 5.75. The van der Waals surface area contributed by atoms with Crippen LogP contribution in [0.5, 0.6) is 0 Å². The standard InChI is InChI=1S/C10H15F3N2O/c11-10(12,13)9(4-5-9)14-8(16)15-6-2-1-3-7-15/h1-7H2,(H,14,16). The van der Waals surface area contributed by atoms with Crippen LogP contribution in [0, 0.1) is 0 Å². The number of carbonyl (C=O) groups excluding carboxylic acids is 1. The molecule has 1 N–H and O–H groups in total. The average Bonchev–Trinajstić information content (AvgIpc) is 2.99. The molecule has 0 aromatic carbocycles. The second-order valence-corrected chi connectivity index (χ2v) is 4.56. The number of nitrogens with one attached hydrogen (secondary N) is 1. The molecule has 0 aromatic heterocycles. The van der Waals surface area contributed by atoms with Gasteiger partial charge in [0.2, 0.25) is 0 Å². The summed E-state index contributed by atoms with van der Waals surface area (Å²) in [6.45, 7) is 1.14. The van der Waals surface area contributed by atoms with E-state index in [1.165, 1.54) is 4.90 Å². The fourth-order valence-corrected chi connectivity index (χ4v) is 1.99. The highest BCUT2D eigenvalue weighted by atomic mass is 19.4. The fourth-order valence-electron chi connectivity index (χ4n) is 1.99. The second-order valence-electron chi connectivity index (χ2n) is 4.56. The van der Waals surface area contributed by atoms with E-state index in [-0.39, 0.29) is 12.8 Å². The molecular formula is C10H15F3N2O. The summed E-state index contributed by atoms with van der Waals surface area (Å²) >= 11 is 0. The molecule has 1 saturated heterocycles. The fraction of sp³-hybridized carbons (Fsp3) is 0.900. The first-order valence-electron chi connectivity index (χ1n) is 5.58. The van der Waals surface area contributed by atoms with Crippen LogP contribution in [0.3, 0.4) is 0 Å².